The van der Waals surface area contributed by atoms with E-state index in [-0.39, 0.29) is 31.1 Å². The Labute approximate surface area is 403 Å². The molecule has 0 N–H and O–H groups in total. The van der Waals surface area contributed by atoms with E-state index < -0.39 is 6.10 Å². The molecule has 0 aliphatic carbocycles. The molecule has 0 aromatic carbocycles. The van der Waals surface area contributed by atoms with Crippen LogP contribution in [0.2, 0.25) is 0 Å². The quantitative estimate of drug-likeness (QED) is 0.0262. The van der Waals surface area contributed by atoms with Gasteiger partial charge in [-0.2, -0.15) is 0 Å². The van der Waals surface area contributed by atoms with Crippen molar-refractivity contribution >= 4 is 17.9 Å². The Morgan fingerprint density at radius 1 is 0.323 bits per heavy atom. The molecule has 0 spiro atoms. The van der Waals surface area contributed by atoms with Gasteiger partial charge in [-0.25, -0.2) is 0 Å². The monoisotopic (exact) mass is 911 g/mol. The molecule has 0 rings (SSSR count). The van der Waals surface area contributed by atoms with Crippen LogP contribution in [-0.4, -0.2) is 37.2 Å². The summed E-state index contributed by atoms with van der Waals surface area (Å²) in [6.45, 7) is 6.54. The van der Waals surface area contributed by atoms with Crippen molar-refractivity contribution in [1.29, 1.82) is 0 Å². The van der Waals surface area contributed by atoms with E-state index in [2.05, 4.69) is 69.4 Å². The van der Waals surface area contributed by atoms with Gasteiger partial charge in [0.05, 0.1) is 0 Å². The fourth-order valence-corrected chi connectivity index (χ4v) is 8.10. The molecule has 0 unspecified atom stereocenters. The predicted molar refractivity (Wildman–Crippen MR) is 279 cm³/mol. The van der Waals surface area contributed by atoms with Gasteiger partial charge in [-0.3, -0.25) is 14.4 Å². The summed E-state index contributed by atoms with van der Waals surface area (Å²) in [5.41, 5.74) is 0. The molecule has 0 bridgehead atoms. The molecule has 0 fully saturated rings. The average molecular weight is 911 g/mol. The van der Waals surface area contributed by atoms with E-state index in [1.807, 2.05) is 0 Å². The van der Waals surface area contributed by atoms with Gasteiger partial charge >= 0.3 is 17.9 Å². The van der Waals surface area contributed by atoms with E-state index in [9.17, 15) is 14.4 Å². The lowest BCUT2D eigenvalue weighted by Gasteiger charge is -2.18. The molecule has 378 valence electrons. The van der Waals surface area contributed by atoms with Crippen molar-refractivity contribution < 1.29 is 28.6 Å². The van der Waals surface area contributed by atoms with Crippen LogP contribution in [0, 0.1) is 0 Å². The van der Waals surface area contributed by atoms with Crippen LogP contribution in [0.4, 0.5) is 0 Å². The van der Waals surface area contributed by atoms with Crippen molar-refractivity contribution in [2.75, 3.05) is 13.2 Å². The first-order valence-corrected chi connectivity index (χ1v) is 28.1. The van der Waals surface area contributed by atoms with Crippen LogP contribution >= 0.6 is 0 Å². The lowest BCUT2D eigenvalue weighted by atomic mass is 10.0. The van der Waals surface area contributed by atoms with Crippen molar-refractivity contribution in [3.05, 3.63) is 48.6 Å². The average Bonchev–Trinajstić information content (AvgIpc) is 3.30. The van der Waals surface area contributed by atoms with Gasteiger partial charge in [0, 0.05) is 19.3 Å². The highest BCUT2D eigenvalue weighted by atomic mass is 16.6. The van der Waals surface area contributed by atoms with Crippen molar-refractivity contribution in [3.63, 3.8) is 0 Å². The molecule has 1 atom stereocenters. The minimum atomic E-state index is -0.780. The Kier molecular flexibility index (Phi) is 51.8. The van der Waals surface area contributed by atoms with Crippen molar-refractivity contribution in [2.24, 2.45) is 0 Å². The minimum Gasteiger partial charge on any atom is -0.462 e. The van der Waals surface area contributed by atoms with Gasteiger partial charge in [0.25, 0.3) is 0 Å². The summed E-state index contributed by atoms with van der Waals surface area (Å²) in [4.78, 5) is 38.1. The third-order valence-corrected chi connectivity index (χ3v) is 12.3. The lowest BCUT2D eigenvalue weighted by Crippen LogP contribution is -2.30. The number of carbonyl (C=O) groups excluding carboxylic acids is 3. The fourth-order valence-electron chi connectivity index (χ4n) is 8.10. The summed E-state index contributed by atoms with van der Waals surface area (Å²) in [7, 11) is 0. The summed E-state index contributed by atoms with van der Waals surface area (Å²) >= 11 is 0. The summed E-state index contributed by atoms with van der Waals surface area (Å²) < 4.78 is 16.8. The van der Waals surface area contributed by atoms with Crippen LogP contribution in [0.3, 0.4) is 0 Å². The minimum absolute atomic E-state index is 0.0775. The number of carbonyl (C=O) groups is 3. The van der Waals surface area contributed by atoms with Crippen LogP contribution in [0.25, 0.3) is 0 Å². The number of allylic oxidation sites excluding steroid dienone is 8. The SMILES string of the molecule is CC/C=C\C/C=C\C/C=C\CCCCCCCC(=O)OC[C@H](COC(=O)CCCCCCCCCCCCCCCCC)OC(=O)CCCCCCCCC/C=C\CCCCCCCC. The molecule has 0 aliphatic heterocycles. The van der Waals surface area contributed by atoms with Crippen LogP contribution in [0.5, 0.6) is 0 Å². The first-order chi connectivity index (χ1) is 32.0. The highest BCUT2D eigenvalue weighted by molar-refractivity contribution is 5.71. The Morgan fingerprint density at radius 3 is 0.954 bits per heavy atom. The molecule has 0 aliphatic rings. The molecule has 0 saturated carbocycles. The second-order valence-corrected chi connectivity index (χ2v) is 18.8. The Balaban J connectivity index is 4.38. The summed E-state index contributed by atoms with van der Waals surface area (Å²) in [6, 6.07) is 0. The van der Waals surface area contributed by atoms with E-state index in [0.29, 0.717) is 19.3 Å². The molecular formula is C59H106O6. The molecular weight excluding hydrogens is 805 g/mol. The zero-order valence-corrected chi connectivity index (χ0v) is 43.3. The number of hydrogen-bond donors (Lipinski definition) is 0. The van der Waals surface area contributed by atoms with Gasteiger partial charge in [-0.05, 0) is 77.0 Å². The molecule has 65 heavy (non-hydrogen) atoms. The number of hydrogen-bond acceptors (Lipinski definition) is 6. The summed E-state index contributed by atoms with van der Waals surface area (Å²) in [6.07, 6.45) is 65.2. The number of esters is 3. The number of rotatable bonds is 51. The highest BCUT2D eigenvalue weighted by Gasteiger charge is 2.19. The third kappa shape index (κ3) is 52.2. The first kappa shape index (κ1) is 62.4. The smallest absolute Gasteiger partial charge is 0.306 e. The maximum absolute atomic E-state index is 12.8. The highest BCUT2D eigenvalue weighted by Crippen LogP contribution is 2.16. The molecule has 6 nitrogen and oxygen atoms in total. The molecule has 6 heteroatoms. The van der Waals surface area contributed by atoms with Crippen molar-refractivity contribution in [3.8, 4) is 0 Å². The topological polar surface area (TPSA) is 78.9 Å². The van der Waals surface area contributed by atoms with E-state index in [0.717, 1.165) is 96.3 Å². The maximum Gasteiger partial charge on any atom is 0.306 e. The second kappa shape index (κ2) is 54.0. The molecule has 0 amide bonds. The van der Waals surface area contributed by atoms with E-state index >= 15 is 0 Å². The standard InChI is InChI=1S/C59H106O6/c1-4-7-10-13-16-19-22-25-28-29-32-35-38-41-44-47-50-53-59(62)65-56(54-63-57(60)51-48-45-42-39-36-33-30-26-23-20-17-14-11-8-5-2)55-64-58(61)52-49-46-43-40-37-34-31-27-24-21-18-15-12-9-6-3/h8,11,17,20,25-26,28,30,56H,4-7,9-10,12-16,18-19,21-24,27,29,31-55H2,1-3H3/b11-8-,20-17-,28-25-,30-26-/t56-/m1/s1. The first-order valence-electron chi connectivity index (χ1n) is 28.1. The van der Waals surface area contributed by atoms with Crippen LogP contribution in [0.15, 0.2) is 48.6 Å². The molecule has 0 radical (unpaired) electrons. The van der Waals surface area contributed by atoms with Crippen LogP contribution < -0.4 is 0 Å². The van der Waals surface area contributed by atoms with E-state index in [4.69, 9.17) is 14.2 Å². The zero-order valence-electron chi connectivity index (χ0n) is 43.3. The Hall–Kier alpha value is -2.63. The number of ether oxygens (including phenoxy) is 3. The summed E-state index contributed by atoms with van der Waals surface area (Å²) in [5.74, 6) is -0.886. The lowest BCUT2D eigenvalue weighted by molar-refractivity contribution is -0.167. The van der Waals surface area contributed by atoms with Gasteiger partial charge in [0.1, 0.15) is 13.2 Å². The second-order valence-electron chi connectivity index (χ2n) is 18.8. The molecule has 0 heterocycles. The van der Waals surface area contributed by atoms with Gasteiger partial charge < -0.3 is 14.2 Å². The van der Waals surface area contributed by atoms with Gasteiger partial charge in [-0.15, -0.1) is 0 Å². The maximum atomic E-state index is 12.8. The van der Waals surface area contributed by atoms with Crippen molar-refractivity contribution in [1.82, 2.24) is 0 Å². The van der Waals surface area contributed by atoms with Gasteiger partial charge in [0.15, 0.2) is 6.10 Å². The fraction of sp³-hybridized carbons (Fsp3) is 0.814. The van der Waals surface area contributed by atoms with Gasteiger partial charge in [0.2, 0.25) is 0 Å². The summed E-state index contributed by atoms with van der Waals surface area (Å²) in [5, 5.41) is 0. The van der Waals surface area contributed by atoms with Crippen LogP contribution in [-0.2, 0) is 28.6 Å². The Bertz CT molecular complexity index is 1140. The predicted octanol–water partition coefficient (Wildman–Crippen LogP) is 18.7. The van der Waals surface area contributed by atoms with E-state index in [1.54, 1.807) is 0 Å². The number of unbranched alkanes of at least 4 members (excludes halogenated alkanes) is 32. The van der Waals surface area contributed by atoms with Gasteiger partial charge in [-0.1, -0.05) is 243 Å². The molecule has 0 saturated heterocycles. The normalized spacial score (nSPS) is 12.4. The van der Waals surface area contributed by atoms with E-state index in [1.165, 1.54) is 154 Å². The van der Waals surface area contributed by atoms with Crippen LogP contribution in [0.1, 0.15) is 290 Å². The molecule has 0 aromatic heterocycles. The Morgan fingerprint density at radius 2 is 0.600 bits per heavy atom. The third-order valence-electron chi connectivity index (χ3n) is 12.3. The van der Waals surface area contributed by atoms with Crippen molar-refractivity contribution in [2.45, 2.75) is 297 Å². The largest absolute Gasteiger partial charge is 0.462 e. The molecule has 0 aromatic rings. The zero-order chi connectivity index (χ0) is 47.2.